The number of nitrogens with one attached hydrogen (secondary N) is 1. The zero-order chi connectivity index (χ0) is 21.8. The fraction of sp³-hybridized carbons (Fsp3) is 0.0400. The number of benzene rings is 3. The Morgan fingerprint density at radius 3 is 2.55 bits per heavy atom. The number of nitriles is 1. The number of carbonyl (C=O) groups excluding carboxylic acids is 1. The molecular weight excluding hydrogens is 413 g/mol. The lowest BCUT2D eigenvalue weighted by atomic mass is 10.1. The van der Waals surface area contributed by atoms with Crippen LogP contribution >= 0.6 is 11.6 Å². The third-order valence-corrected chi connectivity index (χ3v) is 5.23. The van der Waals surface area contributed by atoms with Crippen molar-refractivity contribution in [2.45, 2.75) is 6.54 Å². The van der Waals surface area contributed by atoms with Gasteiger partial charge in [-0.2, -0.15) is 5.26 Å². The normalized spacial score (nSPS) is 11.3. The second-order valence-corrected chi connectivity index (χ2v) is 7.33. The lowest BCUT2D eigenvalue weighted by Crippen LogP contribution is -2.13. The Hall–Kier alpha value is -3.88. The van der Waals surface area contributed by atoms with E-state index in [1.165, 1.54) is 12.1 Å². The van der Waals surface area contributed by atoms with Crippen LogP contribution in [0.15, 0.2) is 84.6 Å². The summed E-state index contributed by atoms with van der Waals surface area (Å²) in [7, 11) is 0. The van der Waals surface area contributed by atoms with E-state index in [1.807, 2.05) is 41.1 Å². The number of carbonyl (C=O) groups is 1. The van der Waals surface area contributed by atoms with Gasteiger partial charge >= 0.3 is 0 Å². The molecule has 0 aliphatic rings. The van der Waals surface area contributed by atoms with Crippen molar-refractivity contribution in [2.24, 2.45) is 0 Å². The fourth-order valence-electron chi connectivity index (χ4n) is 3.39. The van der Waals surface area contributed by atoms with E-state index in [9.17, 15) is 14.4 Å². The molecule has 0 fully saturated rings. The number of rotatable bonds is 5. The van der Waals surface area contributed by atoms with Gasteiger partial charge in [-0.1, -0.05) is 60.1 Å². The van der Waals surface area contributed by atoms with E-state index >= 15 is 0 Å². The predicted octanol–water partition coefficient (Wildman–Crippen LogP) is 6.03. The molecule has 1 amide bonds. The molecule has 4 aromatic rings. The van der Waals surface area contributed by atoms with Gasteiger partial charge in [0, 0.05) is 28.2 Å². The molecule has 0 aliphatic carbocycles. The largest absolute Gasteiger partial charge is 0.342 e. The zero-order valence-corrected chi connectivity index (χ0v) is 17.1. The van der Waals surface area contributed by atoms with Gasteiger partial charge in [-0.25, -0.2) is 4.39 Å². The molecule has 152 valence electrons. The Kier molecular flexibility index (Phi) is 5.83. The molecule has 0 unspecified atom stereocenters. The number of nitrogens with zero attached hydrogens (tertiary/aromatic N) is 2. The van der Waals surface area contributed by atoms with Crippen LogP contribution in [0.25, 0.3) is 17.0 Å². The number of anilines is 1. The number of halogens is 2. The average Bonchev–Trinajstić information content (AvgIpc) is 3.12. The van der Waals surface area contributed by atoms with Crippen molar-refractivity contribution in [3.63, 3.8) is 0 Å². The number of aromatic nitrogens is 1. The Bertz CT molecular complexity index is 1350. The van der Waals surface area contributed by atoms with Crippen molar-refractivity contribution in [3.8, 4) is 6.07 Å². The molecule has 0 spiro atoms. The quantitative estimate of drug-likeness (QED) is 0.311. The van der Waals surface area contributed by atoms with Gasteiger partial charge in [-0.3, -0.25) is 4.79 Å². The van der Waals surface area contributed by atoms with Gasteiger partial charge in [0.25, 0.3) is 5.91 Å². The molecule has 0 saturated heterocycles. The fourth-order valence-corrected chi connectivity index (χ4v) is 3.57. The van der Waals surface area contributed by atoms with Crippen molar-refractivity contribution in [1.82, 2.24) is 4.57 Å². The highest BCUT2D eigenvalue weighted by Gasteiger charge is 2.14. The standard InChI is InChI=1S/C25H17ClFN3O/c26-21-9-3-5-11-23(21)29-25(31)18(14-28)13-19-16-30(24-12-6-2-8-20(19)24)15-17-7-1-4-10-22(17)27/h1-13,16H,15H2,(H,29,31). The van der Waals surface area contributed by atoms with Crippen LogP contribution in [0.3, 0.4) is 0 Å². The van der Waals surface area contributed by atoms with Gasteiger partial charge < -0.3 is 9.88 Å². The topological polar surface area (TPSA) is 57.8 Å². The summed E-state index contributed by atoms with van der Waals surface area (Å²) in [4.78, 5) is 12.7. The lowest BCUT2D eigenvalue weighted by Gasteiger charge is -2.06. The van der Waals surface area contributed by atoms with Crippen molar-refractivity contribution < 1.29 is 9.18 Å². The van der Waals surface area contributed by atoms with Crippen LogP contribution in [0.1, 0.15) is 11.1 Å². The van der Waals surface area contributed by atoms with Crippen LogP contribution in [-0.4, -0.2) is 10.5 Å². The number of amides is 1. The van der Waals surface area contributed by atoms with Gasteiger partial charge in [-0.15, -0.1) is 0 Å². The molecule has 31 heavy (non-hydrogen) atoms. The van der Waals surface area contributed by atoms with Crippen molar-refractivity contribution in [3.05, 3.63) is 107 Å². The van der Waals surface area contributed by atoms with Crippen LogP contribution in [0.2, 0.25) is 5.02 Å². The maximum Gasteiger partial charge on any atom is 0.266 e. The molecule has 0 saturated carbocycles. The third-order valence-electron chi connectivity index (χ3n) is 4.90. The van der Waals surface area contributed by atoms with E-state index in [1.54, 1.807) is 42.5 Å². The SMILES string of the molecule is N#CC(=Cc1cn(Cc2ccccc2F)c2ccccc12)C(=O)Nc1ccccc1Cl. The molecule has 1 aromatic heterocycles. The summed E-state index contributed by atoms with van der Waals surface area (Å²) >= 11 is 6.10. The molecular formula is C25H17ClFN3O. The number of para-hydroxylation sites is 2. The molecule has 4 rings (SSSR count). The van der Waals surface area contributed by atoms with Gasteiger partial charge in [0.15, 0.2) is 0 Å². The van der Waals surface area contributed by atoms with E-state index in [2.05, 4.69) is 5.32 Å². The summed E-state index contributed by atoms with van der Waals surface area (Å²) in [5.74, 6) is -0.837. The zero-order valence-electron chi connectivity index (χ0n) is 16.3. The molecule has 1 N–H and O–H groups in total. The highest BCUT2D eigenvalue weighted by atomic mass is 35.5. The molecule has 0 radical (unpaired) electrons. The molecule has 6 heteroatoms. The molecule has 0 atom stereocenters. The van der Waals surface area contributed by atoms with E-state index in [0.29, 0.717) is 28.4 Å². The summed E-state index contributed by atoms with van der Waals surface area (Å²) in [5.41, 5.74) is 2.49. The highest BCUT2D eigenvalue weighted by molar-refractivity contribution is 6.34. The van der Waals surface area contributed by atoms with Gasteiger partial charge in [0.1, 0.15) is 17.5 Å². The van der Waals surface area contributed by atoms with Gasteiger partial charge in [0.2, 0.25) is 0 Å². The highest BCUT2D eigenvalue weighted by Crippen LogP contribution is 2.26. The summed E-state index contributed by atoms with van der Waals surface area (Å²) in [6.07, 6.45) is 3.35. The van der Waals surface area contributed by atoms with Crippen LogP contribution < -0.4 is 5.32 Å². The van der Waals surface area contributed by atoms with Crippen molar-refractivity contribution >= 4 is 40.2 Å². The molecule has 1 heterocycles. The summed E-state index contributed by atoms with van der Waals surface area (Å²) in [6, 6.07) is 23.0. The predicted molar refractivity (Wildman–Crippen MR) is 121 cm³/mol. The summed E-state index contributed by atoms with van der Waals surface area (Å²) in [6.45, 7) is 0.328. The van der Waals surface area contributed by atoms with Crippen LogP contribution in [0, 0.1) is 17.1 Å². The second-order valence-electron chi connectivity index (χ2n) is 6.92. The first kappa shape index (κ1) is 20.4. The maximum atomic E-state index is 14.2. The van der Waals surface area contributed by atoms with Crippen molar-refractivity contribution in [2.75, 3.05) is 5.32 Å². The maximum absolute atomic E-state index is 14.2. The van der Waals surface area contributed by atoms with Gasteiger partial charge in [0.05, 0.1) is 17.3 Å². The Balaban J connectivity index is 1.71. The number of hydrogen-bond donors (Lipinski definition) is 1. The Morgan fingerprint density at radius 1 is 1.06 bits per heavy atom. The number of hydrogen-bond acceptors (Lipinski definition) is 2. The lowest BCUT2D eigenvalue weighted by molar-refractivity contribution is -0.112. The Morgan fingerprint density at radius 2 is 1.77 bits per heavy atom. The number of fused-ring (bicyclic) bond motifs is 1. The average molecular weight is 430 g/mol. The first-order valence-electron chi connectivity index (χ1n) is 9.56. The minimum Gasteiger partial charge on any atom is -0.342 e. The molecule has 0 aliphatic heterocycles. The molecule has 3 aromatic carbocycles. The van der Waals surface area contributed by atoms with Crippen LogP contribution in [0.4, 0.5) is 10.1 Å². The monoisotopic (exact) mass is 429 g/mol. The van der Waals surface area contributed by atoms with E-state index in [-0.39, 0.29) is 11.4 Å². The smallest absolute Gasteiger partial charge is 0.266 e. The van der Waals surface area contributed by atoms with Crippen LogP contribution in [-0.2, 0) is 11.3 Å². The van der Waals surface area contributed by atoms with Crippen LogP contribution in [0.5, 0.6) is 0 Å². The van der Waals surface area contributed by atoms with E-state index in [4.69, 9.17) is 11.6 Å². The minimum absolute atomic E-state index is 0.0614. The first-order chi connectivity index (χ1) is 15.1. The minimum atomic E-state index is -0.554. The van der Waals surface area contributed by atoms with E-state index < -0.39 is 5.91 Å². The summed E-state index contributed by atoms with van der Waals surface area (Å²) in [5, 5.41) is 13.5. The Labute approximate surface area is 183 Å². The van der Waals surface area contributed by atoms with Gasteiger partial charge in [-0.05, 0) is 30.3 Å². The molecule has 4 nitrogen and oxygen atoms in total. The molecule has 0 bridgehead atoms. The summed E-state index contributed by atoms with van der Waals surface area (Å²) < 4.78 is 16.1. The van der Waals surface area contributed by atoms with E-state index in [0.717, 1.165) is 10.9 Å². The third kappa shape index (κ3) is 4.35. The van der Waals surface area contributed by atoms with Crippen molar-refractivity contribution in [1.29, 1.82) is 5.26 Å². The second kappa shape index (κ2) is 8.86. The first-order valence-corrected chi connectivity index (χ1v) is 9.93.